The van der Waals surface area contributed by atoms with Crippen molar-refractivity contribution in [3.05, 3.63) is 41.5 Å². The lowest BCUT2D eigenvalue weighted by molar-refractivity contribution is 0.1000. The van der Waals surface area contributed by atoms with Crippen molar-refractivity contribution in [3.8, 4) is 11.1 Å². The summed E-state index contributed by atoms with van der Waals surface area (Å²) in [6, 6.07) is 3.96. The van der Waals surface area contributed by atoms with Crippen LogP contribution in [0, 0.1) is 12.8 Å². The molecule has 0 bridgehead atoms. The lowest BCUT2D eigenvalue weighted by atomic mass is 9.89. The highest BCUT2D eigenvalue weighted by Gasteiger charge is 2.26. The van der Waals surface area contributed by atoms with Crippen molar-refractivity contribution in [2.24, 2.45) is 11.7 Å². The largest absolute Gasteiger partial charge is 0.366 e. The van der Waals surface area contributed by atoms with E-state index in [9.17, 15) is 4.79 Å². The zero-order valence-corrected chi connectivity index (χ0v) is 16.1. The number of unbranched alkanes of at least 4 members (excludes halogenated alkanes) is 1. The van der Waals surface area contributed by atoms with Crippen molar-refractivity contribution in [3.63, 3.8) is 0 Å². The first kappa shape index (κ1) is 18.7. The molecule has 4 heteroatoms. The highest BCUT2D eigenvalue weighted by molar-refractivity contribution is 6.02. The summed E-state index contributed by atoms with van der Waals surface area (Å²) in [7, 11) is 0. The second-order valence-corrected chi connectivity index (χ2v) is 7.61. The summed E-state index contributed by atoms with van der Waals surface area (Å²) in [5, 5.41) is 0. The second-order valence-electron chi connectivity index (χ2n) is 7.61. The second kappa shape index (κ2) is 8.52. The van der Waals surface area contributed by atoms with E-state index in [2.05, 4.69) is 23.4 Å². The first-order chi connectivity index (χ1) is 12.6. The SMILES string of the molecule is CCCCc1c(-c2cccnc2)c(C(N)=O)c(C)n1CC1CCCCC1. The Morgan fingerprint density at radius 3 is 2.69 bits per heavy atom. The minimum Gasteiger partial charge on any atom is -0.366 e. The zero-order chi connectivity index (χ0) is 18.5. The molecule has 0 unspecified atom stereocenters. The highest BCUT2D eigenvalue weighted by atomic mass is 16.1. The van der Waals surface area contributed by atoms with Gasteiger partial charge < -0.3 is 10.3 Å². The molecular weight excluding hydrogens is 322 g/mol. The lowest BCUT2D eigenvalue weighted by Crippen LogP contribution is -2.18. The van der Waals surface area contributed by atoms with Gasteiger partial charge >= 0.3 is 0 Å². The third kappa shape index (κ3) is 3.84. The fourth-order valence-electron chi connectivity index (χ4n) is 4.40. The topological polar surface area (TPSA) is 60.9 Å². The summed E-state index contributed by atoms with van der Waals surface area (Å²) in [4.78, 5) is 16.6. The zero-order valence-electron chi connectivity index (χ0n) is 16.1. The molecule has 0 radical (unpaired) electrons. The van der Waals surface area contributed by atoms with Gasteiger partial charge in [0, 0.05) is 41.5 Å². The van der Waals surface area contributed by atoms with Gasteiger partial charge in [-0.05, 0) is 44.6 Å². The van der Waals surface area contributed by atoms with Gasteiger partial charge in [0.25, 0.3) is 5.91 Å². The molecule has 0 aromatic carbocycles. The van der Waals surface area contributed by atoms with E-state index in [-0.39, 0.29) is 5.91 Å². The van der Waals surface area contributed by atoms with Crippen LogP contribution in [0.5, 0.6) is 0 Å². The molecule has 1 amide bonds. The average Bonchev–Trinajstić information content (AvgIpc) is 2.93. The number of hydrogen-bond acceptors (Lipinski definition) is 2. The number of hydrogen-bond donors (Lipinski definition) is 1. The monoisotopic (exact) mass is 353 g/mol. The Labute approximate surface area is 156 Å². The molecule has 1 aliphatic rings. The third-order valence-electron chi connectivity index (χ3n) is 5.76. The Morgan fingerprint density at radius 2 is 2.08 bits per heavy atom. The van der Waals surface area contributed by atoms with E-state index >= 15 is 0 Å². The summed E-state index contributed by atoms with van der Waals surface area (Å²) in [5.41, 5.74) is 10.8. The summed E-state index contributed by atoms with van der Waals surface area (Å²) in [6.45, 7) is 5.27. The molecular formula is C22H31N3O. The van der Waals surface area contributed by atoms with E-state index in [0.717, 1.165) is 42.6 Å². The maximum absolute atomic E-state index is 12.3. The summed E-state index contributed by atoms with van der Waals surface area (Å²) in [6.07, 6.45) is 13.4. The van der Waals surface area contributed by atoms with Crippen LogP contribution in [0.25, 0.3) is 11.1 Å². The van der Waals surface area contributed by atoms with Crippen molar-refractivity contribution in [2.45, 2.75) is 71.8 Å². The van der Waals surface area contributed by atoms with Crippen LogP contribution < -0.4 is 5.73 Å². The number of pyridine rings is 1. The predicted molar refractivity (Wildman–Crippen MR) is 106 cm³/mol. The first-order valence-corrected chi connectivity index (χ1v) is 10.1. The van der Waals surface area contributed by atoms with Crippen LogP contribution in [-0.2, 0) is 13.0 Å². The Hall–Kier alpha value is -2.10. The van der Waals surface area contributed by atoms with Crippen LogP contribution in [0.15, 0.2) is 24.5 Å². The third-order valence-corrected chi connectivity index (χ3v) is 5.76. The minimum atomic E-state index is -0.332. The number of amides is 1. The molecule has 1 fully saturated rings. The maximum atomic E-state index is 12.3. The Bertz CT molecular complexity index is 742. The molecule has 0 spiro atoms. The number of primary amides is 1. The molecule has 140 valence electrons. The van der Waals surface area contributed by atoms with Gasteiger partial charge in [0.05, 0.1) is 5.56 Å². The fourth-order valence-corrected chi connectivity index (χ4v) is 4.40. The maximum Gasteiger partial charge on any atom is 0.251 e. The minimum absolute atomic E-state index is 0.332. The quantitative estimate of drug-likeness (QED) is 0.771. The molecule has 3 rings (SSSR count). The average molecular weight is 354 g/mol. The van der Waals surface area contributed by atoms with Crippen LogP contribution in [0.2, 0.25) is 0 Å². The smallest absolute Gasteiger partial charge is 0.251 e. The summed E-state index contributed by atoms with van der Waals surface area (Å²) >= 11 is 0. The highest BCUT2D eigenvalue weighted by Crippen LogP contribution is 2.35. The number of carbonyl (C=O) groups excluding carboxylic acids is 1. The molecule has 0 atom stereocenters. The van der Waals surface area contributed by atoms with Crippen LogP contribution >= 0.6 is 0 Å². The van der Waals surface area contributed by atoms with Gasteiger partial charge in [0.15, 0.2) is 0 Å². The molecule has 0 saturated heterocycles. The molecule has 2 aromatic heterocycles. The molecule has 2 N–H and O–H groups in total. The van der Waals surface area contributed by atoms with Gasteiger partial charge in [-0.1, -0.05) is 38.7 Å². The van der Waals surface area contributed by atoms with Gasteiger partial charge in [-0.3, -0.25) is 9.78 Å². The Morgan fingerprint density at radius 1 is 1.31 bits per heavy atom. The molecule has 0 aliphatic heterocycles. The van der Waals surface area contributed by atoms with Crippen molar-refractivity contribution in [1.82, 2.24) is 9.55 Å². The standard InChI is InChI=1S/C22H31N3O/c1-3-4-12-19-21(18-11-8-13-24-14-18)20(22(23)26)16(2)25(19)15-17-9-6-5-7-10-17/h8,11,13-14,17H,3-7,9-10,12,15H2,1-2H3,(H2,23,26). The molecule has 1 saturated carbocycles. The van der Waals surface area contributed by atoms with Crippen LogP contribution in [0.1, 0.15) is 73.6 Å². The van der Waals surface area contributed by atoms with E-state index in [0.29, 0.717) is 11.5 Å². The fraction of sp³-hybridized carbons (Fsp3) is 0.545. The van der Waals surface area contributed by atoms with Gasteiger partial charge in [0.2, 0.25) is 0 Å². The van der Waals surface area contributed by atoms with E-state index in [1.807, 2.05) is 18.3 Å². The van der Waals surface area contributed by atoms with Crippen molar-refractivity contribution >= 4 is 5.91 Å². The van der Waals surface area contributed by atoms with E-state index < -0.39 is 0 Å². The van der Waals surface area contributed by atoms with Gasteiger partial charge in [-0.2, -0.15) is 0 Å². The van der Waals surface area contributed by atoms with E-state index in [4.69, 9.17) is 5.73 Å². The molecule has 1 aliphatic carbocycles. The number of nitrogens with zero attached hydrogens (tertiary/aromatic N) is 2. The predicted octanol–water partition coefficient (Wildman–Crippen LogP) is 4.88. The normalized spacial score (nSPS) is 15.3. The van der Waals surface area contributed by atoms with Crippen molar-refractivity contribution in [2.75, 3.05) is 0 Å². The van der Waals surface area contributed by atoms with Gasteiger partial charge in [-0.25, -0.2) is 0 Å². The van der Waals surface area contributed by atoms with Gasteiger partial charge in [-0.15, -0.1) is 0 Å². The van der Waals surface area contributed by atoms with Crippen molar-refractivity contribution in [1.29, 1.82) is 0 Å². The number of rotatable bonds is 7. The molecule has 2 heterocycles. The van der Waals surface area contributed by atoms with Crippen LogP contribution in [0.4, 0.5) is 0 Å². The van der Waals surface area contributed by atoms with Crippen molar-refractivity contribution < 1.29 is 4.79 Å². The molecule has 2 aromatic rings. The summed E-state index contributed by atoms with van der Waals surface area (Å²) in [5.74, 6) is 0.374. The van der Waals surface area contributed by atoms with E-state index in [1.54, 1.807) is 6.20 Å². The molecule has 26 heavy (non-hydrogen) atoms. The van der Waals surface area contributed by atoms with E-state index in [1.165, 1.54) is 37.8 Å². The van der Waals surface area contributed by atoms with Crippen LogP contribution in [0.3, 0.4) is 0 Å². The number of nitrogens with two attached hydrogens (primary N) is 1. The molecule has 4 nitrogen and oxygen atoms in total. The number of carbonyl (C=O) groups is 1. The lowest BCUT2D eigenvalue weighted by Gasteiger charge is -2.24. The number of aromatic nitrogens is 2. The van der Waals surface area contributed by atoms with Crippen LogP contribution in [-0.4, -0.2) is 15.5 Å². The Balaban J connectivity index is 2.10. The summed E-state index contributed by atoms with van der Waals surface area (Å²) < 4.78 is 2.40. The van der Waals surface area contributed by atoms with Gasteiger partial charge in [0.1, 0.15) is 0 Å². The first-order valence-electron chi connectivity index (χ1n) is 10.1. The Kier molecular flexibility index (Phi) is 6.12.